The van der Waals surface area contributed by atoms with E-state index in [0.717, 1.165) is 50.8 Å². The number of benzene rings is 1. The minimum absolute atomic E-state index is 0.464. The number of rotatable bonds is 5. The van der Waals surface area contributed by atoms with Crippen molar-refractivity contribution in [3.8, 4) is 0 Å². The molecule has 0 aromatic heterocycles. The van der Waals surface area contributed by atoms with Gasteiger partial charge in [0.1, 0.15) is 5.76 Å². The molecule has 0 radical (unpaired) electrons. The van der Waals surface area contributed by atoms with Crippen molar-refractivity contribution < 1.29 is 9.84 Å². The monoisotopic (exact) mass is 470 g/mol. The molecule has 0 amide bonds. The van der Waals surface area contributed by atoms with Crippen LogP contribution in [0.1, 0.15) is 77.5 Å². The maximum atomic E-state index is 7.00. The average molecular weight is 471 g/mol. The molecule has 0 spiro atoms. The molecule has 192 valence electrons. The van der Waals surface area contributed by atoms with Crippen LogP contribution >= 0.6 is 0 Å². The van der Waals surface area contributed by atoms with Gasteiger partial charge in [0, 0.05) is 26.2 Å². The first kappa shape index (κ1) is 30.0. The fraction of sp³-hybridized carbons (Fsp3) is 0.600. The molecule has 1 saturated heterocycles. The Morgan fingerprint density at radius 2 is 1.79 bits per heavy atom. The van der Waals surface area contributed by atoms with Crippen LogP contribution in [0, 0.1) is 18.8 Å². The van der Waals surface area contributed by atoms with Gasteiger partial charge in [0.25, 0.3) is 0 Å². The minimum atomic E-state index is 0.464. The number of likely N-dealkylation sites (tertiary alicyclic amines) is 1. The highest BCUT2D eigenvalue weighted by atomic mass is 16.5. The van der Waals surface area contributed by atoms with E-state index in [1.165, 1.54) is 41.5 Å². The molecule has 0 saturated carbocycles. The molecule has 2 atom stereocenters. The molecule has 3 rings (SSSR count). The summed E-state index contributed by atoms with van der Waals surface area (Å²) in [4.78, 5) is 2.71. The van der Waals surface area contributed by atoms with Gasteiger partial charge in [0.15, 0.2) is 0 Å². The highest BCUT2D eigenvalue weighted by Crippen LogP contribution is 2.37. The third kappa shape index (κ3) is 9.31. The molecule has 4 heteroatoms. The molecule has 2 aliphatic rings. The number of ether oxygens (including phenoxy) is 1. The van der Waals surface area contributed by atoms with E-state index in [9.17, 15) is 0 Å². The minimum Gasteiger partial charge on any atom is -0.497 e. The molecule has 34 heavy (non-hydrogen) atoms. The standard InChI is InChI=1S/C27H40N2O.C2H6.CH4O/c1-20(2)24-9-7-15-29(26(17-24)23-12-10-21(3)11-13-23)19-25-8-6-14-28-18-22(4)16-27(25)30-5;2*1-2/h6,10-14,16,20,24,26,28H,7-9,15,17-19H2,1-5H3;1-2H3;2H,1H3/b14-6-,22-16-,27-25-;;/t24?,26-;;/m0../s1. The lowest BCUT2D eigenvalue weighted by Crippen LogP contribution is -2.31. The molecule has 1 aromatic rings. The summed E-state index contributed by atoms with van der Waals surface area (Å²) in [5.74, 6) is 2.55. The first-order valence-electron chi connectivity index (χ1n) is 13.0. The maximum absolute atomic E-state index is 7.00. The van der Waals surface area contributed by atoms with Crippen LogP contribution in [0.15, 0.2) is 59.5 Å². The van der Waals surface area contributed by atoms with Gasteiger partial charge in [0.2, 0.25) is 0 Å². The molecule has 1 aromatic carbocycles. The number of aryl methyl sites for hydroxylation is 1. The summed E-state index contributed by atoms with van der Waals surface area (Å²) in [7, 11) is 2.81. The normalized spacial score (nSPS) is 26.0. The maximum Gasteiger partial charge on any atom is 0.119 e. The highest BCUT2D eigenvalue weighted by molar-refractivity contribution is 5.29. The second-order valence-electron chi connectivity index (χ2n) is 9.43. The van der Waals surface area contributed by atoms with E-state index >= 15 is 0 Å². The number of methoxy groups -OCH3 is 1. The van der Waals surface area contributed by atoms with Crippen LogP contribution in [0.5, 0.6) is 0 Å². The van der Waals surface area contributed by atoms with Crippen LogP contribution in [0.25, 0.3) is 0 Å². The van der Waals surface area contributed by atoms with Gasteiger partial charge in [-0.25, -0.2) is 0 Å². The van der Waals surface area contributed by atoms with Crippen LogP contribution in [0.3, 0.4) is 0 Å². The fourth-order valence-corrected chi connectivity index (χ4v) is 4.77. The van der Waals surface area contributed by atoms with Crippen molar-refractivity contribution in [2.45, 2.75) is 73.3 Å². The van der Waals surface area contributed by atoms with E-state index in [1.54, 1.807) is 0 Å². The molecule has 2 heterocycles. The summed E-state index contributed by atoms with van der Waals surface area (Å²) in [5, 5.41) is 10.4. The number of allylic oxidation sites excluding steroid dienone is 2. The third-order valence-corrected chi connectivity index (χ3v) is 6.71. The van der Waals surface area contributed by atoms with Gasteiger partial charge in [-0.2, -0.15) is 0 Å². The SMILES string of the molecule is CC.CO.COC1=C(\CN2CCCC(C(C)C)C[C@H]2c2ccc(C)cc2)C/C=C\NC/C(C)=C\1. The van der Waals surface area contributed by atoms with Crippen LogP contribution in [-0.2, 0) is 4.74 Å². The number of nitrogens with one attached hydrogen (secondary N) is 1. The number of aliphatic hydroxyl groups is 1. The molecule has 2 N–H and O–H groups in total. The molecule has 4 nitrogen and oxygen atoms in total. The highest BCUT2D eigenvalue weighted by Gasteiger charge is 2.29. The van der Waals surface area contributed by atoms with Crippen molar-refractivity contribution in [3.63, 3.8) is 0 Å². The van der Waals surface area contributed by atoms with Gasteiger partial charge in [-0.15, -0.1) is 0 Å². The van der Waals surface area contributed by atoms with Crippen molar-refractivity contribution >= 4 is 0 Å². The molecule has 1 unspecified atom stereocenters. The third-order valence-electron chi connectivity index (χ3n) is 6.71. The van der Waals surface area contributed by atoms with Gasteiger partial charge in [-0.05, 0) is 81.3 Å². The number of hydrogen-bond acceptors (Lipinski definition) is 4. The Balaban J connectivity index is 0.00000137. The zero-order valence-corrected chi connectivity index (χ0v) is 23.0. The Bertz CT molecular complexity index is 777. The summed E-state index contributed by atoms with van der Waals surface area (Å²) in [6.07, 6.45) is 11.3. The summed E-state index contributed by atoms with van der Waals surface area (Å²) in [6, 6.07) is 9.69. The van der Waals surface area contributed by atoms with Gasteiger partial charge in [-0.3, -0.25) is 4.90 Å². The van der Waals surface area contributed by atoms with Crippen molar-refractivity contribution in [2.24, 2.45) is 11.8 Å². The summed E-state index contributed by atoms with van der Waals surface area (Å²) in [6.45, 7) is 16.1. The molecule has 1 fully saturated rings. The van der Waals surface area contributed by atoms with E-state index in [4.69, 9.17) is 9.84 Å². The second kappa shape index (κ2) is 16.6. The van der Waals surface area contributed by atoms with E-state index in [-0.39, 0.29) is 0 Å². The fourth-order valence-electron chi connectivity index (χ4n) is 4.77. The first-order valence-corrected chi connectivity index (χ1v) is 13.0. The van der Waals surface area contributed by atoms with E-state index in [1.807, 2.05) is 21.0 Å². The lowest BCUT2D eigenvalue weighted by atomic mass is 9.85. The number of nitrogens with zero attached hydrogens (tertiary/aromatic N) is 1. The molecular weight excluding hydrogens is 420 g/mol. The number of aliphatic hydroxyl groups excluding tert-OH is 1. The predicted molar refractivity (Wildman–Crippen MR) is 147 cm³/mol. The largest absolute Gasteiger partial charge is 0.497 e. The second-order valence-corrected chi connectivity index (χ2v) is 9.43. The van der Waals surface area contributed by atoms with E-state index < -0.39 is 0 Å². The van der Waals surface area contributed by atoms with Crippen LogP contribution in [0.2, 0.25) is 0 Å². The molecule has 0 aliphatic carbocycles. The Morgan fingerprint density at radius 3 is 2.41 bits per heavy atom. The zero-order valence-electron chi connectivity index (χ0n) is 23.0. The van der Waals surface area contributed by atoms with Crippen molar-refractivity contribution in [1.29, 1.82) is 0 Å². The quantitative estimate of drug-likeness (QED) is 0.498. The predicted octanol–water partition coefficient (Wildman–Crippen LogP) is 6.78. The Hall–Kier alpha value is -2.04. The van der Waals surface area contributed by atoms with Crippen LogP contribution in [0.4, 0.5) is 0 Å². The molecular formula is C30H50N2O2. The lowest BCUT2D eigenvalue weighted by molar-refractivity contribution is 0.194. The van der Waals surface area contributed by atoms with Gasteiger partial charge < -0.3 is 15.2 Å². The summed E-state index contributed by atoms with van der Waals surface area (Å²) < 4.78 is 5.87. The van der Waals surface area contributed by atoms with Gasteiger partial charge in [0.05, 0.1) is 7.11 Å². The Kier molecular flexibility index (Phi) is 14.6. The Labute approximate surface area is 209 Å². The molecule has 0 bridgehead atoms. The van der Waals surface area contributed by atoms with Crippen molar-refractivity contribution in [1.82, 2.24) is 10.2 Å². The van der Waals surface area contributed by atoms with Crippen LogP contribution < -0.4 is 5.32 Å². The lowest BCUT2D eigenvalue weighted by Gasteiger charge is -2.33. The topological polar surface area (TPSA) is 44.7 Å². The summed E-state index contributed by atoms with van der Waals surface area (Å²) in [5.41, 5.74) is 5.46. The van der Waals surface area contributed by atoms with Crippen LogP contribution in [-0.4, -0.2) is 43.9 Å². The smallest absolute Gasteiger partial charge is 0.119 e. The number of hydrogen-bond donors (Lipinski definition) is 2. The van der Waals surface area contributed by atoms with Gasteiger partial charge in [-0.1, -0.05) is 69.2 Å². The Morgan fingerprint density at radius 1 is 1.12 bits per heavy atom. The van der Waals surface area contributed by atoms with E-state index in [0.29, 0.717) is 6.04 Å². The van der Waals surface area contributed by atoms with Crippen molar-refractivity contribution in [2.75, 3.05) is 33.9 Å². The first-order chi connectivity index (χ1) is 16.5. The zero-order chi connectivity index (χ0) is 25.5. The van der Waals surface area contributed by atoms with Gasteiger partial charge >= 0.3 is 0 Å². The summed E-state index contributed by atoms with van der Waals surface area (Å²) >= 11 is 0. The van der Waals surface area contributed by atoms with E-state index in [2.05, 4.69) is 80.5 Å². The molecule has 2 aliphatic heterocycles. The van der Waals surface area contributed by atoms with Crippen molar-refractivity contribution in [3.05, 3.63) is 70.6 Å². The average Bonchev–Trinajstić information content (AvgIpc) is 3.02.